The molecule has 1 unspecified atom stereocenters. The maximum Gasteiger partial charge on any atom is 0.261 e. The molecular formula is C32H35NO3Si. The fourth-order valence-corrected chi connectivity index (χ4v) is 9.52. The number of benzene rings is 4. The molecule has 190 valence electrons. The fraction of sp³-hybridized carbons (Fsp3) is 0.219. The summed E-state index contributed by atoms with van der Waals surface area (Å²) in [5.41, 5.74) is 1.37. The van der Waals surface area contributed by atoms with Crippen molar-refractivity contribution in [2.45, 2.75) is 38.0 Å². The lowest BCUT2D eigenvalue weighted by atomic mass is 10.0. The number of carbonyl (C=O) groups excluding carboxylic acids is 1. The average Bonchev–Trinajstić information content (AvgIpc) is 2.93. The van der Waals surface area contributed by atoms with Gasteiger partial charge in [-0.25, -0.2) is 0 Å². The van der Waals surface area contributed by atoms with Gasteiger partial charge in [0.15, 0.2) is 0 Å². The number of amides is 1. The Hall–Kier alpha value is -3.51. The van der Waals surface area contributed by atoms with Crippen LogP contribution in [0.25, 0.3) is 0 Å². The number of carbonyl (C=O) groups is 1. The molecule has 4 aromatic rings. The quantitative estimate of drug-likeness (QED) is 0.309. The highest BCUT2D eigenvalue weighted by Crippen LogP contribution is 2.37. The normalized spacial score (nSPS) is 13.5. The van der Waals surface area contributed by atoms with Gasteiger partial charge in [-0.1, -0.05) is 130 Å². The number of hydrogen-bond acceptors (Lipinski definition) is 3. The van der Waals surface area contributed by atoms with Crippen LogP contribution in [0, 0.1) is 0 Å². The zero-order valence-electron chi connectivity index (χ0n) is 21.7. The minimum absolute atomic E-state index is 0.0713. The average molecular weight is 510 g/mol. The van der Waals surface area contributed by atoms with E-state index in [1.54, 1.807) is 12.1 Å². The molecule has 4 rings (SSSR count). The molecule has 4 aromatic carbocycles. The highest BCUT2D eigenvalue weighted by Gasteiger charge is 2.50. The maximum atomic E-state index is 13.1. The molecular weight excluding hydrogens is 474 g/mol. The van der Waals surface area contributed by atoms with E-state index in [9.17, 15) is 9.90 Å². The van der Waals surface area contributed by atoms with Crippen molar-refractivity contribution in [1.29, 1.82) is 0 Å². The fourth-order valence-electron chi connectivity index (χ4n) is 4.94. The van der Waals surface area contributed by atoms with Crippen LogP contribution in [0.1, 0.15) is 42.7 Å². The predicted molar refractivity (Wildman–Crippen MR) is 153 cm³/mol. The van der Waals surface area contributed by atoms with Crippen LogP contribution in [-0.2, 0) is 4.43 Å². The third-order valence-corrected chi connectivity index (χ3v) is 11.8. The van der Waals surface area contributed by atoms with Gasteiger partial charge in [-0.15, -0.1) is 0 Å². The van der Waals surface area contributed by atoms with Crippen LogP contribution in [0.5, 0.6) is 0 Å². The Morgan fingerprint density at radius 1 is 0.757 bits per heavy atom. The second kappa shape index (κ2) is 11.7. The lowest BCUT2D eigenvalue weighted by Crippen LogP contribution is -2.67. The number of rotatable bonds is 9. The van der Waals surface area contributed by atoms with E-state index in [0.717, 1.165) is 15.9 Å². The SMILES string of the molecule is CC(C)(C)[Si](OCC(O)[C@@H](NC(=O)c1ccccc1)c1ccccc1)(c1ccccc1)c1ccccc1. The van der Waals surface area contributed by atoms with Gasteiger partial charge in [0.05, 0.1) is 12.6 Å². The van der Waals surface area contributed by atoms with E-state index in [0.29, 0.717) is 5.56 Å². The molecule has 0 heterocycles. The molecule has 0 bridgehead atoms. The van der Waals surface area contributed by atoms with Crippen LogP contribution in [0.3, 0.4) is 0 Å². The zero-order chi connectivity index (χ0) is 26.3. The highest BCUT2D eigenvalue weighted by atomic mass is 28.4. The molecule has 5 heteroatoms. The summed E-state index contributed by atoms with van der Waals surface area (Å²) in [6, 6.07) is 38.7. The highest BCUT2D eigenvalue weighted by molar-refractivity contribution is 6.99. The zero-order valence-corrected chi connectivity index (χ0v) is 22.7. The second-order valence-electron chi connectivity index (χ2n) is 10.3. The van der Waals surface area contributed by atoms with E-state index >= 15 is 0 Å². The van der Waals surface area contributed by atoms with Gasteiger partial charge in [-0.3, -0.25) is 4.79 Å². The van der Waals surface area contributed by atoms with Crippen LogP contribution in [0.2, 0.25) is 5.04 Å². The van der Waals surface area contributed by atoms with Crippen molar-refractivity contribution in [2.75, 3.05) is 6.61 Å². The van der Waals surface area contributed by atoms with Crippen LogP contribution >= 0.6 is 0 Å². The standard InChI is InChI=1S/C32H35NO3Si/c1-32(2,3)37(27-20-12-6-13-21-27,28-22-14-7-15-23-28)36-24-29(34)30(25-16-8-4-9-17-25)33-31(35)26-18-10-5-11-19-26/h4-23,29-30,34H,24H2,1-3H3,(H,33,35)/t29?,30-/m0/s1. The Morgan fingerprint density at radius 3 is 1.65 bits per heavy atom. The van der Waals surface area contributed by atoms with E-state index in [-0.39, 0.29) is 17.6 Å². The van der Waals surface area contributed by atoms with Crippen molar-refractivity contribution in [3.05, 3.63) is 132 Å². The van der Waals surface area contributed by atoms with Crippen molar-refractivity contribution < 1.29 is 14.3 Å². The smallest absolute Gasteiger partial charge is 0.261 e. The van der Waals surface area contributed by atoms with E-state index < -0.39 is 20.5 Å². The number of nitrogens with one attached hydrogen (secondary N) is 1. The molecule has 37 heavy (non-hydrogen) atoms. The molecule has 0 aliphatic rings. The first-order valence-electron chi connectivity index (χ1n) is 12.7. The lowest BCUT2D eigenvalue weighted by Gasteiger charge is -2.43. The molecule has 0 saturated carbocycles. The van der Waals surface area contributed by atoms with Gasteiger partial charge < -0.3 is 14.8 Å². The Balaban J connectivity index is 1.69. The van der Waals surface area contributed by atoms with Crippen LogP contribution in [0.4, 0.5) is 0 Å². The summed E-state index contributed by atoms with van der Waals surface area (Å²) in [5.74, 6) is -0.237. The summed E-state index contributed by atoms with van der Waals surface area (Å²) in [4.78, 5) is 13.1. The summed E-state index contributed by atoms with van der Waals surface area (Å²) in [5, 5.41) is 16.7. The van der Waals surface area contributed by atoms with Gasteiger partial charge in [-0.05, 0) is 33.1 Å². The topological polar surface area (TPSA) is 58.6 Å². The molecule has 0 radical (unpaired) electrons. The Morgan fingerprint density at radius 2 is 1.19 bits per heavy atom. The van der Waals surface area contributed by atoms with Crippen molar-refractivity contribution in [1.82, 2.24) is 5.32 Å². The molecule has 2 N–H and O–H groups in total. The summed E-state index contributed by atoms with van der Waals surface area (Å²) in [7, 11) is -2.84. The van der Waals surface area contributed by atoms with E-state index in [1.165, 1.54) is 0 Å². The lowest BCUT2D eigenvalue weighted by molar-refractivity contribution is 0.0608. The van der Waals surface area contributed by atoms with Crippen molar-refractivity contribution in [2.24, 2.45) is 0 Å². The second-order valence-corrected chi connectivity index (χ2v) is 14.6. The van der Waals surface area contributed by atoms with Gasteiger partial charge in [0.25, 0.3) is 14.2 Å². The molecule has 0 aromatic heterocycles. The molecule has 4 nitrogen and oxygen atoms in total. The summed E-state index contributed by atoms with van der Waals surface area (Å²) < 4.78 is 6.96. The third kappa shape index (κ3) is 5.91. The summed E-state index contributed by atoms with van der Waals surface area (Å²) in [6.45, 7) is 6.69. The summed E-state index contributed by atoms with van der Waals surface area (Å²) >= 11 is 0. The van der Waals surface area contributed by atoms with Gasteiger partial charge >= 0.3 is 0 Å². The Labute approximate surface area is 221 Å². The number of aliphatic hydroxyl groups is 1. The molecule has 0 aliphatic heterocycles. The number of hydrogen-bond donors (Lipinski definition) is 2. The predicted octanol–water partition coefficient (Wildman–Crippen LogP) is 5.10. The molecule has 0 fully saturated rings. The van der Waals surface area contributed by atoms with Crippen LogP contribution in [-0.4, -0.2) is 32.0 Å². The maximum absolute atomic E-state index is 13.1. The molecule has 0 aliphatic carbocycles. The minimum Gasteiger partial charge on any atom is -0.405 e. The largest absolute Gasteiger partial charge is 0.405 e. The van der Waals surface area contributed by atoms with Gasteiger partial charge in [0.2, 0.25) is 0 Å². The van der Waals surface area contributed by atoms with Crippen molar-refractivity contribution >= 4 is 24.6 Å². The third-order valence-electron chi connectivity index (χ3n) is 6.75. The molecule has 0 saturated heterocycles. The first-order valence-corrected chi connectivity index (χ1v) is 14.6. The van der Waals surface area contributed by atoms with Crippen LogP contribution in [0.15, 0.2) is 121 Å². The molecule has 0 spiro atoms. The minimum atomic E-state index is -2.84. The van der Waals surface area contributed by atoms with Gasteiger partial charge in [0.1, 0.15) is 6.10 Å². The van der Waals surface area contributed by atoms with E-state index in [4.69, 9.17) is 4.43 Å². The van der Waals surface area contributed by atoms with Crippen molar-refractivity contribution in [3.8, 4) is 0 Å². The molecule has 2 atom stereocenters. The van der Waals surface area contributed by atoms with E-state index in [2.05, 4.69) is 50.4 Å². The van der Waals surface area contributed by atoms with Gasteiger partial charge in [-0.2, -0.15) is 0 Å². The number of aliphatic hydroxyl groups excluding tert-OH is 1. The van der Waals surface area contributed by atoms with Crippen molar-refractivity contribution in [3.63, 3.8) is 0 Å². The first-order chi connectivity index (χ1) is 17.8. The summed E-state index contributed by atoms with van der Waals surface area (Å²) in [6.07, 6.45) is -0.961. The monoisotopic (exact) mass is 509 g/mol. The van der Waals surface area contributed by atoms with E-state index in [1.807, 2.05) is 84.9 Å². The molecule has 1 amide bonds. The first kappa shape index (κ1) is 26.5. The van der Waals surface area contributed by atoms with Gasteiger partial charge in [0, 0.05) is 5.56 Å². The van der Waals surface area contributed by atoms with Crippen LogP contribution < -0.4 is 15.7 Å². The Bertz CT molecular complexity index is 1220. The Kier molecular flexibility index (Phi) is 8.39.